The number of allylic oxidation sites excluding steroid dienone is 1. The normalized spacial score (nSPS) is 11.2. The van der Waals surface area contributed by atoms with Crippen LogP contribution in [0.2, 0.25) is 0 Å². The smallest absolute Gasteiger partial charge is 0.00319 e. The lowest BCUT2D eigenvalue weighted by Gasteiger charge is -2.08. The average Bonchev–Trinajstić information content (AvgIpc) is 1.35. The second kappa shape index (κ2) is 1.75. The molecule has 1 unspecified atom stereocenters. The third kappa shape index (κ3) is 4.17. The molecule has 0 spiro atoms. The van der Waals surface area contributed by atoms with Gasteiger partial charge in [-0.3, -0.25) is 0 Å². The minimum Gasteiger partial charge on any atom is -0.128 e. The van der Waals surface area contributed by atoms with E-state index in [1.165, 1.54) is 0 Å². The monoisotopic (exact) mass is 102 g/mol. The predicted molar refractivity (Wildman–Crippen MR) is 34.0 cm³/mol. The van der Waals surface area contributed by atoms with E-state index < -0.39 is 0 Å². The lowest BCUT2D eigenvalue weighted by atomic mass is 10.2. The average molecular weight is 102 g/mol. The highest BCUT2D eigenvalue weighted by atomic mass is 31.0. The van der Waals surface area contributed by atoms with E-state index in [0.717, 1.165) is 0 Å². The molecule has 0 bridgehead atoms. The zero-order valence-electron chi connectivity index (χ0n) is 4.36. The van der Waals surface area contributed by atoms with Gasteiger partial charge in [0.15, 0.2) is 0 Å². The van der Waals surface area contributed by atoms with Gasteiger partial charge in [0, 0.05) is 0 Å². The lowest BCUT2D eigenvalue weighted by Crippen LogP contribution is -2.00. The highest BCUT2D eigenvalue weighted by Gasteiger charge is 1.99. The lowest BCUT2D eigenvalue weighted by molar-refractivity contribution is 0.903. The molecular formula is C5H11P. The molecule has 0 saturated heterocycles. The third-order valence-electron chi connectivity index (χ3n) is 0.526. The first-order chi connectivity index (χ1) is 2.56. The van der Waals surface area contributed by atoms with Crippen LogP contribution in [-0.4, -0.2) is 5.16 Å². The summed E-state index contributed by atoms with van der Waals surface area (Å²) < 4.78 is 0. The molecule has 0 saturated carbocycles. The Hall–Kier alpha value is 0.170. The minimum atomic E-state index is 0.222. The highest BCUT2D eigenvalue weighted by Crippen LogP contribution is 2.15. The SMILES string of the molecule is C=CC(C)(C)P. The van der Waals surface area contributed by atoms with Gasteiger partial charge in [0.25, 0.3) is 0 Å². The van der Waals surface area contributed by atoms with Gasteiger partial charge in [-0.15, -0.1) is 15.8 Å². The molecule has 1 heteroatoms. The summed E-state index contributed by atoms with van der Waals surface area (Å²) in [7, 11) is 2.67. The number of rotatable bonds is 1. The Balaban J connectivity index is 3.45. The topological polar surface area (TPSA) is 0 Å². The van der Waals surface area contributed by atoms with Crippen molar-refractivity contribution in [3.05, 3.63) is 12.7 Å². The number of hydrogen-bond donors (Lipinski definition) is 0. The minimum absolute atomic E-state index is 0.222. The Kier molecular flexibility index (Phi) is 1.80. The Morgan fingerprint density at radius 1 is 1.67 bits per heavy atom. The maximum atomic E-state index is 3.61. The second-order valence-electron chi connectivity index (χ2n) is 2.03. The standard InChI is InChI=1S/C5H11P/c1-4-5(2,3)6/h4H,1,6H2,2-3H3. The molecule has 0 aliphatic rings. The number of hydrogen-bond acceptors (Lipinski definition) is 0. The van der Waals surface area contributed by atoms with Crippen molar-refractivity contribution in [1.29, 1.82) is 0 Å². The van der Waals surface area contributed by atoms with Gasteiger partial charge < -0.3 is 0 Å². The fourth-order valence-corrected chi connectivity index (χ4v) is 0. The first kappa shape index (κ1) is 6.17. The van der Waals surface area contributed by atoms with Crippen LogP contribution in [0.15, 0.2) is 12.7 Å². The van der Waals surface area contributed by atoms with E-state index >= 15 is 0 Å². The van der Waals surface area contributed by atoms with Crippen molar-refractivity contribution in [2.24, 2.45) is 0 Å². The van der Waals surface area contributed by atoms with Crippen LogP contribution >= 0.6 is 9.24 Å². The van der Waals surface area contributed by atoms with Gasteiger partial charge >= 0.3 is 0 Å². The summed E-state index contributed by atoms with van der Waals surface area (Å²) in [6, 6.07) is 0. The van der Waals surface area contributed by atoms with Gasteiger partial charge in [0.1, 0.15) is 0 Å². The highest BCUT2D eigenvalue weighted by molar-refractivity contribution is 7.19. The Labute approximate surface area is 41.8 Å². The molecule has 0 nitrogen and oxygen atoms in total. The summed E-state index contributed by atoms with van der Waals surface area (Å²) in [5, 5.41) is 0.222. The summed E-state index contributed by atoms with van der Waals surface area (Å²) in [5.74, 6) is 0. The zero-order valence-corrected chi connectivity index (χ0v) is 5.52. The van der Waals surface area contributed by atoms with E-state index in [9.17, 15) is 0 Å². The Morgan fingerprint density at radius 3 is 1.83 bits per heavy atom. The Bertz CT molecular complexity index is 49.4. The van der Waals surface area contributed by atoms with Gasteiger partial charge in [0.2, 0.25) is 0 Å². The second-order valence-corrected chi connectivity index (χ2v) is 3.51. The molecule has 0 aromatic rings. The zero-order chi connectivity index (χ0) is 5.21. The predicted octanol–water partition coefficient (Wildman–Crippen LogP) is 1.83. The van der Waals surface area contributed by atoms with Gasteiger partial charge in [-0.1, -0.05) is 19.9 Å². The van der Waals surface area contributed by atoms with E-state index in [1.54, 1.807) is 0 Å². The molecule has 0 aromatic carbocycles. The molecule has 0 radical (unpaired) electrons. The van der Waals surface area contributed by atoms with Crippen molar-refractivity contribution in [2.45, 2.75) is 19.0 Å². The third-order valence-corrected chi connectivity index (χ3v) is 0.762. The molecule has 0 N–H and O–H groups in total. The van der Waals surface area contributed by atoms with Gasteiger partial charge in [-0.25, -0.2) is 0 Å². The van der Waals surface area contributed by atoms with Crippen LogP contribution in [0, 0.1) is 0 Å². The fraction of sp³-hybridized carbons (Fsp3) is 0.600. The summed E-state index contributed by atoms with van der Waals surface area (Å²) in [4.78, 5) is 0. The van der Waals surface area contributed by atoms with E-state index in [2.05, 4.69) is 29.7 Å². The molecule has 0 fully saturated rings. The van der Waals surface area contributed by atoms with E-state index in [0.29, 0.717) is 0 Å². The van der Waals surface area contributed by atoms with Crippen LogP contribution < -0.4 is 0 Å². The first-order valence-electron chi connectivity index (χ1n) is 1.99. The maximum absolute atomic E-state index is 3.61. The van der Waals surface area contributed by atoms with Crippen LogP contribution in [-0.2, 0) is 0 Å². The fourth-order valence-electron chi connectivity index (χ4n) is 0. The molecule has 1 atom stereocenters. The molecule has 0 heterocycles. The molecule has 0 aromatic heterocycles. The van der Waals surface area contributed by atoms with Gasteiger partial charge in [-0.05, 0) is 5.16 Å². The van der Waals surface area contributed by atoms with E-state index in [4.69, 9.17) is 0 Å². The van der Waals surface area contributed by atoms with Crippen LogP contribution in [0.25, 0.3) is 0 Å². The van der Waals surface area contributed by atoms with E-state index in [-0.39, 0.29) is 5.16 Å². The van der Waals surface area contributed by atoms with Crippen molar-refractivity contribution in [1.82, 2.24) is 0 Å². The molecule has 0 aliphatic heterocycles. The van der Waals surface area contributed by atoms with Crippen molar-refractivity contribution in [3.63, 3.8) is 0 Å². The molecule has 36 valence electrons. The van der Waals surface area contributed by atoms with Crippen LogP contribution in [0.5, 0.6) is 0 Å². The van der Waals surface area contributed by atoms with Gasteiger partial charge in [-0.2, -0.15) is 0 Å². The molecule has 0 aliphatic carbocycles. The molecule has 0 rings (SSSR count). The summed E-state index contributed by atoms with van der Waals surface area (Å²) >= 11 is 0. The van der Waals surface area contributed by atoms with Crippen molar-refractivity contribution >= 4 is 9.24 Å². The van der Waals surface area contributed by atoms with Gasteiger partial charge in [0.05, 0.1) is 0 Å². The van der Waals surface area contributed by atoms with Crippen LogP contribution in [0.4, 0.5) is 0 Å². The van der Waals surface area contributed by atoms with Crippen LogP contribution in [0.3, 0.4) is 0 Å². The Morgan fingerprint density at radius 2 is 1.83 bits per heavy atom. The van der Waals surface area contributed by atoms with E-state index in [1.807, 2.05) is 6.08 Å². The summed E-state index contributed by atoms with van der Waals surface area (Å²) in [5.41, 5.74) is 0. The quantitative estimate of drug-likeness (QED) is 0.350. The molecule has 6 heavy (non-hydrogen) atoms. The molecular weight excluding hydrogens is 91.0 g/mol. The largest absolute Gasteiger partial charge is 0.128 e. The first-order valence-corrected chi connectivity index (χ1v) is 2.56. The summed E-state index contributed by atoms with van der Waals surface area (Å²) in [6.45, 7) is 7.79. The van der Waals surface area contributed by atoms with Crippen molar-refractivity contribution in [3.8, 4) is 0 Å². The van der Waals surface area contributed by atoms with Crippen molar-refractivity contribution < 1.29 is 0 Å². The van der Waals surface area contributed by atoms with Crippen LogP contribution in [0.1, 0.15) is 13.8 Å². The summed E-state index contributed by atoms with van der Waals surface area (Å²) in [6.07, 6.45) is 1.90. The molecule has 0 amide bonds. The van der Waals surface area contributed by atoms with Crippen molar-refractivity contribution in [2.75, 3.05) is 0 Å². The maximum Gasteiger partial charge on any atom is -0.00319 e.